The third kappa shape index (κ3) is 14.6. The molecule has 2 saturated heterocycles. The van der Waals surface area contributed by atoms with E-state index in [1.165, 1.54) is 37.3 Å². The summed E-state index contributed by atoms with van der Waals surface area (Å²) in [6, 6.07) is 8.41. The molecular formula is C24H25F9N4O6. The molecule has 2 aromatic heterocycles. The van der Waals surface area contributed by atoms with Crippen molar-refractivity contribution in [1.82, 2.24) is 19.8 Å². The highest BCUT2D eigenvalue weighted by Crippen LogP contribution is 2.32. The third-order valence-corrected chi connectivity index (χ3v) is 5.62. The molecule has 0 bridgehead atoms. The van der Waals surface area contributed by atoms with Gasteiger partial charge in [0.1, 0.15) is 0 Å². The minimum absolute atomic E-state index is 0.827. The van der Waals surface area contributed by atoms with Crippen LogP contribution >= 0.6 is 0 Å². The Bertz CT molecular complexity index is 1040. The van der Waals surface area contributed by atoms with Crippen LogP contribution in [0.15, 0.2) is 49.1 Å². The van der Waals surface area contributed by atoms with Gasteiger partial charge in [-0.25, -0.2) is 14.4 Å². The monoisotopic (exact) mass is 636 g/mol. The number of carbonyl (C=O) groups is 3. The quantitative estimate of drug-likeness (QED) is 0.423. The summed E-state index contributed by atoms with van der Waals surface area (Å²) in [5.74, 6) is -6.62. The van der Waals surface area contributed by atoms with Crippen LogP contribution in [0.3, 0.4) is 0 Å². The molecule has 3 N–H and O–H groups in total. The van der Waals surface area contributed by atoms with E-state index in [2.05, 4.69) is 31.9 Å². The lowest BCUT2D eigenvalue weighted by Crippen LogP contribution is -2.28. The van der Waals surface area contributed by atoms with Crippen molar-refractivity contribution in [2.24, 2.45) is 11.8 Å². The van der Waals surface area contributed by atoms with Gasteiger partial charge in [-0.2, -0.15) is 39.5 Å². The number of aliphatic carboxylic acids is 3. The van der Waals surface area contributed by atoms with Crippen LogP contribution in [0.1, 0.15) is 11.1 Å². The second-order valence-corrected chi connectivity index (χ2v) is 9.04. The molecule has 4 heterocycles. The Balaban J connectivity index is 0.000000363. The molecule has 0 aromatic carbocycles. The Morgan fingerprint density at radius 2 is 0.884 bits per heavy atom. The number of nitrogens with zero attached hydrogens (tertiary/aromatic N) is 4. The number of rotatable bonds is 4. The van der Waals surface area contributed by atoms with Crippen molar-refractivity contribution in [2.75, 3.05) is 26.2 Å². The summed E-state index contributed by atoms with van der Waals surface area (Å²) < 4.78 is 95.2. The smallest absolute Gasteiger partial charge is 0.475 e. The first-order chi connectivity index (χ1) is 19.7. The number of hydrogen-bond acceptors (Lipinski definition) is 7. The van der Waals surface area contributed by atoms with E-state index in [1.807, 2.05) is 36.9 Å². The Labute approximate surface area is 237 Å². The molecule has 43 heavy (non-hydrogen) atoms. The van der Waals surface area contributed by atoms with Crippen molar-refractivity contribution in [3.8, 4) is 0 Å². The zero-order chi connectivity index (χ0) is 33.0. The number of likely N-dealkylation sites (tertiary alicyclic amines) is 2. The van der Waals surface area contributed by atoms with Gasteiger partial charge in [0.25, 0.3) is 0 Å². The molecule has 0 spiro atoms. The molecule has 4 rings (SSSR count). The van der Waals surface area contributed by atoms with E-state index in [-0.39, 0.29) is 0 Å². The van der Waals surface area contributed by atoms with Crippen LogP contribution in [0, 0.1) is 11.8 Å². The lowest BCUT2D eigenvalue weighted by molar-refractivity contribution is -0.193. The molecule has 2 fully saturated rings. The van der Waals surface area contributed by atoms with E-state index in [4.69, 9.17) is 29.7 Å². The maximum Gasteiger partial charge on any atom is 0.490 e. The highest BCUT2D eigenvalue weighted by molar-refractivity contribution is 5.73. The van der Waals surface area contributed by atoms with Crippen molar-refractivity contribution in [2.45, 2.75) is 31.6 Å². The molecule has 0 atom stereocenters. The third-order valence-electron chi connectivity index (χ3n) is 5.62. The lowest BCUT2D eigenvalue weighted by atomic mass is 10.0. The van der Waals surface area contributed by atoms with Crippen LogP contribution in [0.4, 0.5) is 39.5 Å². The maximum absolute atomic E-state index is 10.6. The molecule has 240 valence electrons. The predicted octanol–water partition coefficient (Wildman–Crippen LogP) is 3.94. The van der Waals surface area contributed by atoms with Crippen molar-refractivity contribution >= 4 is 17.9 Å². The first-order valence-electron chi connectivity index (χ1n) is 11.8. The summed E-state index contributed by atoms with van der Waals surface area (Å²) in [6.45, 7) is 6.99. The van der Waals surface area contributed by atoms with Gasteiger partial charge in [0, 0.05) is 64.1 Å². The number of carboxylic acids is 3. The SMILES string of the molecule is O=C(O)C(F)(F)F.O=C(O)C(F)(F)F.O=C(O)C(F)(F)F.c1cncc(CN2CC3CN(Cc4cccnc4)CC3C2)c1. The van der Waals surface area contributed by atoms with Crippen LogP contribution < -0.4 is 0 Å². The Morgan fingerprint density at radius 1 is 0.628 bits per heavy atom. The topological polar surface area (TPSA) is 144 Å². The molecule has 10 nitrogen and oxygen atoms in total. The van der Waals surface area contributed by atoms with Gasteiger partial charge < -0.3 is 15.3 Å². The Morgan fingerprint density at radius 3 is 1.07 bits per heavy atom. The van der Waals surface area contributed by atoms with Crippen LogP contribution in [-0.2, 0) is 27.5 Å². The van der Waals surface area contributed by atoms with Crippen molar-refractivity contribution in [1.29, 1.82) is 0 Å². The van der Waals surface area contributed by atoms with Crippen LogP contribution in [0.25, 0.3) is 0 Å². The molecule has 0 unspecified atom stereocenters. The van der Waals surface area contributed by atoms with E-state index in [9.17, 15) is 39.5 Å². The van der Waals surface area contributed by atoms with Gasteiger partial charge >= 0.3 is 36.4 Å². The second-order valence-electron chi connectivity index (χ2n) is 9.04. The molecule has 19 heteroatoms. The van der Waals surface area contributed by atoms with E-state index >= 15 is 0 Å². The van der Waals surface area contributed by atoms with Gasteiger partial charge in [-0.05, 0) is 35.1 Å². The van der Waals surface area contributed by atoms with Gasteiger partial charge in [0.2, 0.25) is 0 Å². The first-order valence-corrected chi connectivity index (χ1v) is 11.8. The molecule has 0 aliphatic carbocycles. The van der Waals surface area contributed by atoms with Gasteiger partial charge in [0.05, 0.1) is 0 Å². The van der Waals surface area contributed by atoms with Crippen LogP contribution in [0.2, 0.25) is 0 Å². The zero-order valence-corrected chi connectivity index (χ0v) is 21.8. The largest absolute Gasteiger partial charge is 0.490 e. The standard InChI is InChI=1S/C18H22N4.3C2HF3O2/c1-3-15(7-19-5-1)9-21-11-17-13-22(14-18(17)12-21)10-16-4-2-6-20-8-16;3*3-2(4,5)1(6)7/h1-8,17-18H,9-14H2;3*(H,6,7). The molecule has 0 radical (unpaired) electrons. The summed E-state index contributed by atoms with van der Waals surface area (Å²) in [4.78, 5) is 40.3. The summed E-state index contributed by atoms with van der Waals surface area (Å²) >= 11 is 0. The molecule has 2 aliphatic rings. The van der Waals surface area contributed by atoms with E-state index in [1.54, 1.807) is 0 Å². The average molecular weight is 636 g/mol. The zero-order valence-electron chi connectivity index (χ0n) is 21.8. The molecule has 0 saturated carbocycles. The number of carboxylic acid groups (broad SMARTS) is 3. The van der Waals surface area contributed by atoms with Gasteiger partial charge in [-0.1, -0.05) is 12.1 Å². The summed E-state index contributed by atoms with van der Waals surface area (Å²) in [7, 11) is 0. The van der Waals surface area contributed by atoms with Crippen LogP contribution in [0.5, 0.6) is 0 Å². The average Bonchev–Trinajstić information content (AvgIpc) is 3.42. The molecular weight excluding hydrogens is 611 g/mol. The number of fused-ring (bicyclic) bond motifs is 1. The molecule has 2 aliphatic heterocycles. The Kier molecular flexibility index (Phi) is 13.8. The molecule has 2 aromatic rings. The number of alkyl halides is 9. The highest BCUT2D eigenvalue weighted by atomic mass is 19.4. The molecule has 0 amide bonds. The van der Waals surface area contributed by atoms with Crippen molar-refractivity contribution in [3.63, 3.8) is 0 Å². The van der Waals surface area contributed by atoms with E-state index in [0.717, 1.165) is 24.9 Å². The van der Waals surface area contributed by atoms with Crippen LogP contribution in [-0.4, -0.2) is 97.7 Å². The fraction of sp³-hybridized carbons (Fsp3) is 0.458. The van der Waals surface area contributed by atoms with Crippen molar-refractivity contribution < 1.29 is 69.2 Å². The summed E-state index contributed by atoms with van der Waals surface area (Å²) in [5.41, 5.74) is 2.66. The summed E-state index contributed by atoms with van der Waals surface area (Å²) in [5, 5.41) is 21.4. The summed E-state index contributed by atoms with van der Waals surface area (Å²) in [6.07, 6.45) is -7.58. The number of hydrogen-bond donors (Lipinski definition) is 3. The number of pyridine rings is 2. The van der Waals surface area contributed by atoms with E-state index in [0.29, 0.717) is 0 Å². The minimum Gasteiger partial charge on any atom is -0.475 e. The lowest BCUT2D eigenvalue weighted by Gasteiger charge is -2.21. The second kappa shape index (κ2) is 16.0. The minimum atomic E-state index is -5.08. The van der Waals surface area contributed by atoms with E-state index < -0.39 is 36.4 Å². The highest BCUT2D eigenvalue weighted by Gasteiger charge is 2.40. The fourth-order valence-corrected chi connectivity index (χ4v) is 3.95. The maximum atomic E-state index is 10.6. The van der Waals surface area contributed by atoms with Gasteiger partial charge in [-0.15, -0.1) is 0 Å². The number of aromatic nitrogens is 2. The fourth-order valence-electron chi connectivity index (χ4n) is 3.95. The van der Waals surface area contributed by atoms with Gasteiger partial charge in [-0.3, -0.25) is 19.8 Å². The predicted molar refractivity (Wildman–Crippen MR) is 127 cm³/mol. The first kappa shape index (κ1) is 37.0. The van der Waals surface area contributed by atoms with Crippen molar-refractivity contribution in [3.05, 3.63) is 60.2 Å². The Hall–Kier alpha value is -4.00. The van der Waals surface area contributed by atoms with Gasteiger partial charge in [0.15, 0.2) is 0 Å². The number of halogens is 9. The normalized spacial score (nSPS) is 18.5.